The van der Waals surface area contributed by atoms with Gasteiger partial charge in [0, 0.05) is 31.5 Å². The Morgan fingerprint density at radius 3 is 3.05 bits per heavy atom. The average molecular weight is 286 g/mol. The average Bonchev–Trinajstić information content (AvgIpc) is 2.46. The lowest BCUT2D eigenvalue weighted by molar-refractivity contribution is 0.0169. The molecule has 2 heterocycles. The number of halogens is 1. The number of pyridine rings is 1. The second-order valence-electron chi connectivity index (χ2n) is 4.44. The highest BCUT2D eigenvalue weighted by Crippen LogP contribution is 2.11. The third-order valence-electron chi connectivity index (χ3n) is 3.05. The smallest absolute Gasteiger partial charge is 0.251 e. The fraction of sp³-hybridized carbons (Fsp3) is 0.538. The summed E-state index contributed by atoms with van der Waals surface area (Å²) < 4.78 is 5.56. The summed E-state index contributed by atoms with van der Waals surface area (Å²) in [6.45, 7) is 1.71. The molecule has 0 bridgehead atoms. The van der Waals surface area contributed by atoms with Crippen LogP contribution in [-0.2, 0) is 11.3 Å². The standard InChI is InChI=1S/C13H19N3O2.ClH/c14-8-11-7-10(4-5-15-11)13(17)16-9-12-3-1-2-6-18-12;/h4-5,7,12H,1-3,6,8-9,14H2,(H,16,17);1H. The normalized spacial score (nSPS) is 18.5. The number of nitrogens with zero attached hydrogens (tertiary/aromatic N) is 1. The number of amides is 1. The molecule has 1 unspecified atom stereocenters. The van der Waals surface area contributed by atoms with Gasteiger partial charge in [0.2, 0.25) is 0 Å². The number of aromatic nitrogens is 1. The van der Waals surface area contributed by atoms with Crippen LogP contribution in [-0.4, -0.2) is 30.1 Å². The first-order chi connectivity index (χ1) is 8.79. The van der Waals surface area contributed by atoms with Gasteiger partial charge in [0.25, 0.3) is 5.91 Å². The van der Waals surface area contributed by atoms with Gasteiger partial charge in [-0.25, -0.2) is 0 Å². The molecule has 0 spiro atoms. The van der Waals surface area contributed by atoms with Crippen LogP contribution in [0.3, 0.4) is 0 Å². The van der Waals surface area contributed by atoms with E-state index in [-0.39, 0.29) is 24.4 Å². The Morgan fingerprint density at radius 1 is 1.53 bits per heavy atom. The topological polar surface area (TPSA) is 77.2 Å². The molecule has 1 aliphatic rings. The molecule has 3 N–H and O–H groups in total. The van der Waals surface area contributed by atoms with Crippen LogP contribution in [0.1, 0.15) is 35.3 Å². The minimum absolute atomic E-state index is 0. The van der Waals surface area contributed by atoms with Crippen LogP contribution >= 0.6 is 12.4 Å². The zero-order chi connectivity index (χ0) is 12.8. The van der Waals surface area contributed by atoms with E-state index in [2.05, 4.69) is 10.3 Å². The molecule has 19 heavy (non-hydrogen) atoms. The lowest BCUT2D eigenvalue weighted by atomic mass is 10.1. The largest absolute Gasteiger partial charge is 0.376 e. The molecule has 6 heteroatoms. The van der Waals surface area contributed by atoms with Crippen LogP contribution in [0.4, 0.5) is 0 Å². The Bertz CT molecular complexity index is 409. The predicted octanol–water partition coefficient (Wildman–Crippen LogP) is 1.26. The van der Waals surface area contributed by atoms with E-state index in [9.17, 15) is 4.79 Å². The van der Waals surface area contributed by atoms with Gasteiger partial charge in [-0.05, 0) is 31.4 Å². The summed E-state index contributed by atoms with van der Waals surface area (Å²) in [6, 6.07) is 3.41. The molecule has 1 atom stereocenters. The molecule has 1 aromatic rings. The molecule has 0 saturated carbocycles. The molecule has 1 saturated heterocycles. The lowest BCUT2D eigenvalue weighted by Gasteiger charge is -2.22. The van der Waals surface area contributed by atoms with Gasteiger partial charge < -0.3 is 15.8 Å². The molecule has 0 aromatic carbocycles. The van der Waals surface area contributed by atoms with Crippen molar-refractivity contribution >= 4 is 18.3 Å². The number of ether oxygens (including phenoxy) is 1. The van der Waals surface area contributed by atoms with Crippen LogP contribution < -0.4 is 11.1 Å². The van der Waals surface area contributed by atoms with Crippen molar-refractivity contribution in [3.8, 4) is 0 Å². The first-order valence-electron chi connectivity index (χ1n) is 6.34. The van der Waals surface area contributed by atoms with Gasteiger partial charge in [0.05, 0.1) is 11.8 Å². The van der Waals surface area contributed by atoms with Crippen molar-refractivity contribution in [1.82, 2.24) is 10.3 Å². The second kappa shape index (κ2) is 8.09. The summed E-state index contributed by atoms with van der Waals surface area (Å²) in [4.78, 5) is 16.0. The first-order valence-corrected chi connectivity index (χ1v) is 6.34. The fourth-order valence-corrected chi connectivity index (χ4v) is 2.01. The van der Waals surface area contributed by atoms with Gasteiger partial charge in [-0.1, -0.05) is 0 Å². The van der Waals surface area contributed by atoms with Gasteiger partial charge >= 0.3 is 0 Å². The molecule has 2 rings (SSSR count). The Labute approximate surface area is 119 Å². The molecule has 0 aliphatic carbocycles. The summed E-state index contributed by atoms with van der Waals surface area (Å²) in [7, 11) is 0. The van der Waals surface area contributed by atoms with Crippen LogP contribution in [0.15, 0.2) is 18.3 Å². The SMILES string of the molecule is Cl.NCc1cc(C(=O)NCC2CCCCO2)ccn1. The number of hydrogen-bond donors (Lipinski definition) is 2. The maximum atomic E-state index is 11.9. The van der Waals surface area contributed by atoms with Crippen molar-refractivity contribution in [2.45, 2.75) is 31.9 Å². The maximum absolute atomic E-state index is 11.9. The van der Waals surface area contributed by atoms with E-state index >= 15 is 0 Å². The Kier molecular flexibility index (Phi) is 6.77. The van der Waals surface area contributed by atoms with E-state index in [4.69, 9.17) is 10.5 Å². The summed E-state index contributed by atoms with van der Waals surface area (Å²) in [5, 5.41) is 2.89. The fourth-order valence-electron chi connectivity index (χ4n) is 2.01. The number of nitrogens with one attached hydrogen (secondary N) is 1. The quantitative estimate of drug-likeness (QED) is 0.873. The van der Waals surface area contributed by atoms with E-state index in [0.717, 1.165) is 25.1 Å². The van der Waals surface area contributed by atoms with Crippen molar-refractivity contribution in [3.05, 3.63) is 29.6 Å². The van der Waals surface area contributed by atoms with E-state index < -0.39 is 0 Å². The van der Waals surface area contributed by atoms with Gasteiger partial charge in [0.1, 0.15) is 0 Å². The summed E-state index contributed by atoms with van der Waals surface area (Å²) >= 11 is 0. The zero-order valence-electron chi connectivity index (χ0n) is 10.8. The zero-order valence-corrected chi connectivity index (χ0v) is 11.6. The Hall–Kier alpha value is -1.17. The summed E-state index contributed by atoms with van der Waals surface area (Å²) in [5.74, 6) is -0.0960. The van der Waals surface area contributed by atoms with Gasteiger partial charge in [0.15, 0.2) is 0 Å². The van der Waals surface area contributed by atoms with Gasteiger partial charge in [-0.2, -0.15) is 0 Å². The van der Waals surface area contributed by atoms with Gasteiger partial charge in [-0.15, -0.1) is 12.4 Å². The van der Waals surface area contributed by atoms with E-state index in [1.807, 2.05) is 0 Å². The van der Waals surface area contributed by atoms with E-state index in [0.29, 0.717) is 18.7 Å². The number of carbonyl (C=O) groups is 1. The minimum atomic E-state index is -0.0960. The molecule has 1 fully saturated rings. The third kappa shape index (κ3) is 4.78. The van der Waals surface area contributed by atoms with Crippen LogP contribution in [0.25, 0.3) is 0 Å². The van der Waals surface area contributed by atoms with Crippen molar-refractivity contribution in [2.24, 2.45) is 5.73 Å². The van der Waals surface area contributed by atoms with Crippen LogP contribution in [0.2, 0.25) is 0 Å². The lowest BCUT2D eigenvalue weighted by Crippen LogP contribution is -2.35. The summed E-state index contributed by atoms with van der Waals surface area (Å²) in [5.41, 5.74) is 6.81. The molecule has 1 amide bonds. The van der Waals surface area contributed by atoms with Crippen molar-refractivity contribution in [1.29, 1.82) is 0 Å². The Balaban J connectivity index is 0.00000180. The van der Waals surface area contributed by atoms with Crippen molar-refractivity contribution < 1.29 is 9.53 Å². The van der Waals surface area contributed by atoms with Crippen LogP contribution in [0.5, 0.6) is 0 Å². The highest BCUT2D eigenvalue weighted by molar-refractivity contribution is 5.94. The molecule has 5 nitrogen and oxygen atoms in total. The minimum Gasteiger partial charge on any atom is -0.376 e. The highest BCUT2D eigenvalue weighted by Gasteiger charge is 2.15. The third-order valence-corrected chi connectivity index (χ3v) is 3.05. The van der Waals surface area contributed by atoms with Crippen LogP contribution in [0, 0.1) is 0 Å². The van der Waals surface area contributed by atoms with E-state index in [1.165, 1.54) is 6.42 Å². The molecule has 106 valence electrons. The van der Waals surface area contributed by atoms with Gasteiger partial charge in [-0.3, -0.25) is 9.78 Å². The molecule has 1 aromatic heterocycles. The number of carbonyl (C=O) groups excluding carboxylic acids is 1. The molecule has 0 radical (unpaired) electrons. The Morgan fingerprint density at radius 2 is 2.37 bits per heavy atom. The second-order valence-corrected chi connectivity index (χ2v) is 4.44. The molecular formula is C13H20ClN3O2. The van der Waals surface area contributed by atoms with Crippen molar-refractivity contribution in [3.63, 3.8) is 0 Å². The maximum Gasteiger partial charge on any atom is 0.251 e. The molecular weight excluding hydrogens is 266 g/mol. The predicted molar refractivity (Wildman–Crippen MR) is 75.3 cm³/mol. The monoisotopic (exact) mass is 285 g/mol. The van der Waals surface area contributed by atoms with Crippen molar-refractivity contribution in [2.75, 3.05) is 13.2 Å². The number of nitrogens with two attached hydrogens (primary N) is 1. The first kappa shape index (κ1) is 15.9. The number of rotatable bonds is 4. The number of hydrogen-bond acceptors (Lipinski definition) is 4. The van der Waals surface area contributed by atoms with E-state index in [1.54, 1.807) is 18.3 Å². The highest BCUT2D eigenvalue weighted by atomic mass is 35.5. The molecule has 1 aliphatic heterocycles. The summed E-state index contributed by atoms with van der Waals surface area (Å²) in [6.07, 6.45) is 5.07.